The Morgan fingerprint density at radius 2 is 1.08 bits per heavy atom. The predicted molar refractivity (Wildman–Crippen MR) is 254 cm³/mol. The van der Waals surface area contributed by atoms with E-state index in [2.05, 4.69) is 58.1 Å². The summed E-state index contributed by atoms with van der Waals surface area (Å²) in [6.45, 7) is 17.9. The van der Waals surface area contributed by atoms with Crippen molar-refractivity contribution in [3.05, 3.63) is 93.7 Å². The highest BCUT2D eigenvalue weighted by Gasteiger charge is 2.30. The van der Waals surface area contributed by atoms with Crippen LogP contribution in [0.25, 0.3) is 0 Å². The first-order chi connectivity index (χ1) is 30.5. The monoisotopic (exact) mass is 924 g/mol. The molecule has 2 aliphatic rings. The molecular weight excluding hydrogens is 861 g/mol. The van der Waals surface area contributed by atoms with E-state index < -0.39 is 5.97 Å². The van der Waals surface area contributed by atoms with Crippen LogP contribution in [0, 0.1) is 23.5 Å². The summed E-state index contributed by atoms with van der Waals surface area (Å²) in [6, 6.07) is 14.2. The molecule has 2 aromatic carbocycles. The third kappa shape index (κ3) is 14.7. The molecule has 6 rings (SSSR count). The highest BCUT2D eigenvalue weighted by atomic mass is 35.5. The number of carbonyl (C=O) groups is 2. The number of ether oxygens (including phenoxy) is 2. The fourth-order valence-corrected chi connectivity index (χ4v) is 8.54. The minimum atomic E-state index is -0.917. The summed E-state index contributed by atoms with van der Waals surface area (Å²) in [5, 5.41) is 16.8. The number of ketones is 1. The molecule has 2 saturated heterocycles. The summed E-state index contributed by atoms with van der Waals surface area (Å²) < 4.78 is 42.6. The number of nitrogens with one attached hydrogen (secondary N) is 2. The van der Waals surface area contributed by atoms with Crippen LogP contribution >= 0.6 is 23.2 Å². The molecule has 4 aromatic rings. The Hall–Kier alpha value is -4.56. The Morgan fingerprint density at radius 1 is 0.688 bits per heavy atom. The SMILES string of the molecule is CC(=O)C[C@@H](C)c1cc(F)c(N(CC(C)C)C2CCOCC2)c(Nc2ccc(Cl)cn2)c1.CC(C)CN(c1c(F)cc([C@H](C)CC(=O)O)cc1Nc1ccc(Cl)cn1)C1CCOCC1. The second kappa shape index (κ2) is 24.1. The van der Waals surface area contributed by atoms with Crippen LogP contribution < -0.4 is 20.4 Å². The third-order valence-electron chi connectivity index (χ3n) is 11.3. The topological polar surface area (TPSA) is 129 Å². The average molecular weight is 926 g/mol. The summed E-state index contributed by atoms with van der Waals surface area (Å²) in [4.78, 5) is 35.9. The van der Waals surface area contributed by atoms with Gasteiger partial charge in [0.15, 0.2) is 0 Å². The van der Waals surface area contributed by atoms with E-state index in [-0.39, 0.29) is 47.8 Å². The molecule has 0 aliphatic carbocycles. The molecule has 2 aromatic heterocycles. The molecule has 2 fully saturated rings. The van der Waals surface area contributed by atoms with E-state index in [4.69, 9.17) is 32.7 Å². The van der Waals surface area contributed by atoms with Crippen molar-refractivity contribution in [1.29, 1.82) is 0 Å². The number of hydrogen-bond acceptors (Lipinski definition) is 10. The van der Waals surface area contributed by atoms with Crippen molar-refractivity contribution < 1.29 is 33.0 Å². The van der Waals surface area contributed by atoms with Gasteiger partial charge in [-0.3, -0.25) is 4.79 Å². The van der Waals surface area contributed by atoms with Gasteiger partial charge < -0.3 is 39.8 Å². The molecule has 15 heteroatoms. The van der Waals surface area contributed by atoms with E-state index in [1.54, 1.807) is 50.4 Å². The second-order valence-electron chi connectivity index (χ2n) is 17.9. The number of aliphatic carboxylic acids is 1. The van der Waals surface area contributed by atoms with Gasteiger partial charge in [-0.2, -0.15) is 0 Å². The largest absolute Gasteiger partial charge is 0.481 e. The van der Waals surface area contributed by atoms with E-state index >= 15 is 8.78 Å². The van der Waals surface area contributed by atoms with E-state index in [1.807, 2.05) is 19.1 Å². The summed E-state index contributed by atoms with van der Waals surface area (Å²) in [5.74, 6) is -0.117. The van der Waals surface area contributed by atoms with Gasteiger partial charge in [0.2, 0.25) is 0 Å². The molecule has 64 heavy (non-hydrogen) atoms. The Bertz CT molecular complexity index is 1980. The predicted octanol–water partition coefficient (Wildman–Crippen LogP) is 12.2. The zero-order valence-corrected chi connectivity index (χ0v) is 39.6. The van der Waals surface area contributed by atoms with Crippen molar-refractivity contribution >= 4 is 69.3 Å². The van der Waals surface area contributed by atoms with Gasteiger partial charge in [0.05, 0.1) is 39.2 Å². The Kier molecular flexibility index (Phi) is 19.0. The summed E-state index contributed by atoms with van der Waals surface area (Å²) in [5.41, 5.74) is 3.65. The number of carbonyl (C=O) groups excluding carboxylic acids is 1. The van der Waals surface area contributed by atoms with Gasteiger partial charge in [-0.25, -0.2) is 18.7 Å². The normalized spacial score (nSPS) is 15.6. The van der Waals surface area contributed by atoms with Gasteiger partial charge in [-0.1, -0.05) is 64.7 Å². The van der Waals surface area contributed by atoms with Gasteiger partial charge in [-0.15, -0.1) is 0 Å². The van der Waals surface area contributed by atoms with Crippen LogP contribution in [0.1, 0.15) is 110 Å². The molecule has 0 saturated carbocycles. The molecule has 348 valence electrons. The fourth-order valence-electron chi connectivity index (χ4n) is 8.31. The highest BCUT2D eigenvalue weighted by molar-refractivity contribution is 6.30. The van der Waals surface area contributed by atoms with Gasteiger partial charge in [0.25, 0.3) is 0 Å². The summed E-state index contributed by atoms with van der Waals surface area (Å²) in [6.07, 6.45) is 6.73. The molecule has 4 heterocycles. The van der Waals surface area contributed by atoms with Crippen LogP contribution in [0.5, 0.6) is 0 Å². The van der Waals surface area contributed by atoms with Gasteiger partial charge in [0, 0.05) is 70.4 Å². The van der Waals surface area contributed by atoms with Gasteiger partial charge in [0.1, 0.15) is 29.1 Å². The smallest absolute Gasteiger partial charge is 0.303 e. The van der Waals surface area contributed by atoms with Crippen LogP contribution in [0.2, 0.25) is 10.0 Å². The van der Waals surface area contributed by atoms with Crippen molar-refractivity contribution in [3.8, 4) is 0 Å². The minimum absolute atomic E-state index is 0.0763. The lowest BCUT2D eigenvalue weighted by molar-refractivity contribution is -0.137. The number of nitrogens with zero attached hydrogens (tertiary/aromatic N) is 4. The minimum Gasteiger partial charge on any atom is -0.481 e. The van der Waals surface area contributed by atoms with E-state index in [0.29, 0.717) is 101 Å². The Balaban J connectivity index is 0.000000241. The highest BCUT2D eigenvalue weighted by Crippen LogP contribution is 2.40. The molecular formula is C49H64Cl2F2N6O5. The van der Waals surface area contributed by atoms with Crippen molar-refractivity contribution in [1.82, 2.24) is 9.97 Å². The lowest BCUT2D eigenvalue weighted by Crippen LogP contribution is -2.42. The number of hydrogen-bond donors (Lipinski definition) is 3. The number of Topliss-reactive ketones (excluding diaryl/α,β-unsaturated/α-hetero) is 1. The summed E-state index contributed by atoms with van der Waals surface area (Å²) in [7, 11) is 0. The molecule has 2 atom stereocenters. The maximum absolute atomic E-state index is 15.8. The number of benzene rings is 2. The van der Waals surface area contributed by atoms with Crippen LogP contribution in [0.4, 0.5) is 43.2 Å². The van der Waals surface area contributed by atoms with Crippen LogP contribution in [0.15, 0.2) is 60.9 Å². The first-order valence-corrected chi connectivity index (χ1v) is 23.1. The van der Waals surface area contributed by atoms with Gasteiger partial charge >= 0.3 is 5.97 Å². The fraction of sp³-hybridized carbons (Fsp3) is 0.510. The van der Waals surface area contributed by atoms with Crippen LogP contribution in [0.3, 0.4) is 0 Å². The number of halogens is 4. The molecule has 3 N–H and O–H groups in total. The standard InChI is InChI=1S/C25H33ClFN3O2.C24H31ClFN3O3/c1-16(2)15-30(21-7-9-32-10-8-21)25-22(27)12-19(17(3)11-18(4)31)13-23(25)29-24-6-5-20(26)14-28-24;1-15(2)14-29(19-6-8-32-9-7-19)24-20(26)11-17(16(3)10-23(30)31)12-21(24)28-22-5-4-18(25)13-27-22/h5-6,12-14,16-17,21H,7-11,15H2,1-4H3,(H,28,29);4-5,11-13,15-16,19H,6-10,14H2,1-3H3,(H,27,28)(H,30,31)/t17-;16-/m11/s1. The molecule has 0 radical (unpaired) electrons. The Morgan fingerprint density at radius 3 is 1.41 bits per heavy atom. The molecule has 0 bridgehead atoms. The zero-order valence-electron chi connectivity index (χ0n) is 38.1. The average Bonchev–Trinajstić information content (AvgIpc) is 3.24. The van der Waals surface area contributed by atoms with Crippen LogP contribution in [-0.4, -0.2) is 78.4 Å². The number of pyridine rings is 2. The van der Waals surface area contributed by atoms with Gasteiger partial charge in [-0.05, 0) is 116 Å². The first-order valence-electron chi connectivity index (χ1n) is 22.3. The molecule has 0 amide bonds. The van der Waals surface area contributed by atoms with E-state index in [0.717, 1.165) is 37.8 Å². The van der Waals surface area contributed by atoms with E-state index in [1.165, 1.54) is 12.3 Å². The number of aromatic nitrogens is 2. The third-order valence-corrected chi connectivity index (χ3v) is 11.8. The number of carboxylic acids is 1. The zero-order chi connectivity index (χ0) is 46.5. The van der Waals surface area contributed by atoms with Crippen molar-refractivity contribution in [2.24, 2.45) is 11.8 Å². The number of anilines is 6. The van der Waals surface area contributed by atoms with Crippen molar-refractivity contribution in [2.75, 3.05) is 60.0 Å². The molecule has 2 aliphatic heterocycles. The molecule has 0 unspecified atom stereocenters. The first kappa shape index (κ1) is 50.4. The number of rotatable bonds is 18. The lowest BCUT2D eigenvalue weighted by Gasteiger charge is -2.38. The maximum atomic E-state index is 15.8. The quantitative estimate of drug-likeness (QED) is 0.0882. The number of carboxylic acid groups (broad SMARTS) is 1. The summed E-state index contributed by atoms with van der Waals surface area (Å²) >= 11 is 12.0. The van der Waals surface area contributed by atoms with Crippen LogP contribution in [-0.2, 0) is 19.1 Å². The van der Waals surface area contributed by atoms with Crippen molar-refractivity contribution in [2.45, 2.75) is 111 Å². The Labute approximate surface area is 387 Å². The van der Waals surface area contributed by atoms with Crippen molar-refractivity contribution in [3.63, 3.8) is 0 Å². The second-order valence-corrected chi connectivity index (χ2v) is 18.7. The van der Waals surface area contributed by atoms with E-state index in [9.17, 15) is 14.7 Å². The molecule has 0 spiro atoms. The lowest BCUT2D eigenvalue weighted by atomic mass is 9.94. The maximum Gasteiger partial charge on any atom is 0.303 e. The molecule has 11 nitrogen and oxygen atoms in total.